The molecule has 17 heavy (non-hydrogen) atoms. The molecule has 0 amide bonds. The van der Waals surface area contributed by atoms with Crippen LogP contribution in [0.15, 0.2) is 23.1 Å². The first-order chi connectivity index (χ1) is 8.13. The second kappa shape index (κ2) is 8.25. The number of halogens is 2. The molecule has 1 nitrogen and oxygen atoms in total. The molecule has 0 bridgehead atoms. The Balaban J connectivity index is 2.28. The van der Waals surface area contributed by atoms with Gasteiger partial charge in [0.05, 0.1) is 5.02 Å². The lowest BCUT2D eigenvalue weighted by Gasteiger charge is -2.11. The third kappa shape index (κ3) is 6.01. The number of benzene rings is 1. The van der Waals surface area contributed by atoms with E-state index < -0.39 is 0 Å². The van der Waals surface area contributed by atoms with Gasteiger partial charge in [0.25, 0.3) is 0 Å². The summed E-state index contributed by atoms with van der Waals surface area (Å²) in [5, 5.41) is 4.95. The monoisotopic (exact) mass is 291 g/mol. The molecule has 1 rings (SSSR count). The second-order valence-electron chi connectivity index (χ2n) is 4.02. The molecule has 0 aromatic heterocycles. The van der Waals surface area contributed by atoms with Crippen LogP contribution in [0.1, 0.15) is 26.7 Å². The summed E-state index contributed by atoms with van der Waals surface area (Å²) in [5.41, 5.74) is 0. The maximum atomic E-state index is 6.10. The van der Waals surface area contributed by atoms with Gasteiger partial charge in [0.1, 0.15) is 0 Å². The van der Waals surface area contributed by atoms with Crippen LogP contribution >= 0.6 is 35.0 Å². The van der Waals surface area contributed by atoms with Gasteiger partial charge in [0.2, 0.25) is 0 Å². The van der Waals surface area contributed by atoms with E-state index in [1.165, 1.54) is 12.8 Å². The standard InChI is InChI=1S/C13H19Cl2NS/c1-3-16-10(2)5-4-8-17-13-9-11(14)6-7-12(13)15/h6-7,9-10,16H,3-5,8H2,1-2H3. The van der Waals surface area contributed by atoms with Gasteiger partial charge >= 0.3 is 0 Å². The highest BCUT2D eigenvalue weighted by atomic mass is 35.5. The summed E-state index contributed by atoms with van der Waals surface area (Å²) < 4.78 is 0. The van der Waals surface area contributed by atoms with Crippen LogP contribution in [0.4, 0.5) is 0 Å². The molecule has 1 unspecified atom stereocenters. The van der Waals surface area contributed by atoms with Crippen LogP contribution in [0, 0.1) is 0 Å². The number of hydrogen-bond acceptors (Lipinski definition) is 2. The highest BCUT2D eigenvalue weighted by Crippen LogP contribution is 2.30. The molecule has 4 heteroatoms. The minimum Gasteiger partial charge on any atom is -0.315 e. The first-order valence-corrected chi connectivity index (χ1v) is 7.69. The molecular weight excluding hydrogens is 273 g/mol. The van der Waals surface area contributed by atoms with E-state index in [4.69, 9.17) is 23.2 Å². The van der Waals surface area contributed by atoms with Gasteiger partial charge in [-0.2, -0.15) is 0 Å². The summed E-state index contributed by atoms with van der Waals surface area (Å²) in [6.45, 7) is 5.39. The summed E-state index contributed by atoms with van der Waals surface area (Å²) >= 11 is 13.8. The predicted molar refractivity (Wildman–Crippen MR) is 79.6 cm³/mol. The molecule has 0 saturated carbocycles. The smallest absolute Gasteiger partial charge is 0.0542 e. The van der Waals surface area contributed by atoms with Crippen LogP contribution in [0.3, 0.4) is 0 Å². The van der Waals surface area contributed by atoms with Crippen molar-refractivity contribution in [2.45, 2.75) is 37.6 Å². The average molecular weight is 292 g/mol. The van der Waals surface area contributed by atoms with Gasteiger partial charge in [-0.1, -0.05) is 30.1 Å². The molecule has 0 fully saturated rings. The van der Waals surface area contributed by atoms with Crippen molar-refractivity contribution in [2.75, 3.05) is 12.3 Å². The Bertz CT molecular complexity index is 344. The van der Waals surface area contributed by atoms with Crippen LogP contribution in [-0.4, -0.2) is 18.3 Å². The fourth-order valence-electron chi connectivity index (χ4n) is 1.61. The van der Waals surface area contributed by atoms with Gasteiger partial charge in [-0.25, -0.2) is 0 Å². The third-order valence-electron chi connectivity index (χ3n) is 2.48. The fraction of sp³-hybridized carbons (Fsp3) is 0.538. The van der Waals surface area contributed by atoms with Gasteiger partial charge in [0, 0.05) is 16.0 Å². The van der Waals surface area contributed by atoms with Gasteiger partial charge in [-0.15, -0.1) is 11.8 Å². The Morgan fingerprint density at radius 1 is 1.35 bits per heavy atom. The van der Waals surface area contributed by atoms with Crippen LogP contribution in [0.2, 0.25) is 10.0 Å². The zero-order chi connectivity index (χ0) is 12.7. The zero-order valence-electron chi connectivity index (χ0n) is 10.3. The van der Waals surface area contributed by atoms with Gasteiger partial charge in [0.15, 0.2) is 0 Å². The fourth-order valence-corrected chi connectivity index (χ4v) is 3.08. The molecule has 0 aliphatic carbocycles. The maximum Gasteiger partial charge on any atom is 0.0542 e. The molecule has 1 aromatic carbocycles. The average Bonchev–Trinajstić information content (AvgIpc) is 2.29. The first kappa shape index (κ1) is 15.2. The van der Waals surface area contributed by atoms with Crippen LogP contribution in [0.25, 0.3) is 0 Å². The lowest BCUT2D eigenvalue weighted by molar-refractivity contribution is 0.526. The molecule has 96 valence electrons. The molecule has 0 aliphatic heterocycles. The van der Waals surface area contributed by atoms with Crippen molar-refractivity contribution in [1.29, 1.82) is 0 Å². The SMILES string of the molecule is CCNC(C)CCCSc1cc(Cl)ccc1Cl. The normalized spacial score (nSPS) is 12.7. The van der Waals surface area contributed by atoms with Gasteiger partial charge in [-0.3, -0.25) is 0 Å². The molecule has 0 radical (unpaired) electrons. The Kier molecular flexibility index (Phi) is 7.36. The summed E-state index contributed by atoms with van der Waals surface area (Å²) in [4.78, 5) is 1.08. The van der Waals surface area contributed by atoms with Crippen LogP contribution in [-0.2, 0) is 0 Å². The van der Waals surface area contributed by atoms with Crippen molar-refractivity contribution in [3.05, 3.63) is 28.2 Å². The summed E-state index contributed by atoms with van der Waals surface area (Å²) in [6.07, 6.45) is 2.38. The van der Waals surface area contributed by atoms with Crippen LogP contribution in [0.5, 0.6) is 0 Å². The third-order valence-corrected chi connectivity index (χ3v) is 4.30. The highest BCUT2D eigenvalue weighted by Gasteiger charge is 2.03. The van der Waals surface area contributed by atoms with Gasteiger partial charge < -0.3 is 5.32 Å². The molecule has 0 saturated heterocycles. The molecule has 0 aliphatic rings. The van der Waals surface area contributed by atoms with Gasteiger partial charge in [-0.05, 0) is 50.3 Å². The Morgan fingerprint density at radius 3 is 2.82 bits per heavy atom. The number of thioether (sulfide) groups is 1. The van der Waals surface area contributed by atoms with E-state index in [9.17, 15) is 0 Å². The Hall–Kier alpha value is 0.110. The van der Waals surface area contributed by atoms with E-state index >= 15 is 0 Å². The first-order valence-electron chi connectivity index (χ1n) is 5.94. The summed E-state index contributed by atoms with van der Waals surface area (Å²) in [5.74, 6) is 1.08. The molecule has 0 heterocycles. The molecule has 0 spiro atoms. The van der Waals surface area contributed by atoms with Crippen LogP contribution < -0.4 is 5.32 Å². The maximum absolute atomic E-state index is 6.10. The van der Waals surface area contributed by atoms with E-state index in [1.54, 1.807) is 11.8 Å². The second-order valence-corrected chi connectivity index (χ2v) is 6.00. The number of nitrogens with one attached hydrogen (secondary N) is 1. The molecule has 1 atom stereocenters. The Morgan fingerprint density at radius 2 is 2.12 bits per heavy atom. The van der Waals surface area contributed by atoms with Crippen molar-refractivity contribution in [3.8, 4) is 0 Å². The van der Waals surface area contributed by atoms with Crippen molar-refractivity contribution in [2.24, 2.45) is 0 Å². The van der Waals surface area contributed by atoms with E-state index in [1.807, 2.05) is 18.2 Å². The highest BCUT2D eigenvalue weighted by molar-refractivity contribution is 7.99. The lowest BCUT2D eigenvalue weighted by Crippen LogP contribution is -2.25. The van der Waals surface area contributed by atoms with E-state index in [0.29, 0.717) is 6.04 Å². The summed E-state index contributed by atoms with van der Waals surface area (Å²) in [7, 11) is 0. The number of hydrogen-bond donors (Lipinski definition) is 1. The van der Waals surface area contributed by atoms with E-state index in [-0.39, 0.29) is 0 Å². The molecule has 1 aromatic rings. The van der Waals surface area contributed by atoms with E-state index in [2.05, 4.69) is 19.2 Å². The predicted octanol–water partition coefficient (Wildman–Crippen LogP) is 4.86. The minimum atomic E-state index is 0.593. The van der Waals surface area contributed by atoms with Crippen molar-refractivity contribution >= 4 is 35.0 Å². The molecule has 1 N–H and O–H groups in total. The zero-order valence-corrected chi connectivity index (χ0v) is 12.6. The summed E-state index contributed by atoms with van der Waals surface area (Å²) in [6, 6.07) is 6.20. The Labute approximate surface area is 118 Å². The topological polar surface area (TPSA) is 12.0 Å². The number of rotatable bonds is 7. The quantitative estimate of drug-likeness (QED) is 0.568. The molecular formula is C13H19Cl2NS. The largest absolute Gasteiger partial charge is 0.315 e. The van der Waals surface area contributed by atoms with Crippen molar-refractivity contribution in [1.82, 2.24) is 5.32 Å². The lowest BCUT2D eigenvalue weighted by atomic mass is 10.2. The minimum absolute atomic E-state index is 0.593. The van der Waals surface area contributed by atoms with Crippen molar-refractivity contribution in [3.63, 3.8) is 0 Å². The van der Waals surface area contributed by atoms with Crippen molar-refractivity contribution < 1.29 is 0 Å². The van der Waals surface area contributed by atoms with E-state index in [0.717, 1.165) is 27.2 Å².